The molecule has 0 aromatic heterocycles. The summed E-state index contributed by atoms with van der Waals surface area (Å²) in [5.41, 5.74) is 0. The molecular weight excluding hydrogens is 169 g/mol. The van der Waals surface area contributed by atoms with Crippen LogP contribution in [-0.2, 0) is 0 Å². The Bertz CT molecular complexity index is 229. The maximum atomic E-state index is 12.4. The first-order valence-electron chi connectivity index (χ1n) is 4.25. The molecule has 0 radical (unpaired) electrons. The third-order valence-electron chi connectivity index (χ3n) is 1.86. The third kappa shape index (κ3) is 2.99. The van der Waals surface area contributed by atoms with Crippen molar-refractivity contribution in [3.05, 3.63) is 25.2 Å². The molecule has 1 heterocycles. The number of rotatable bonds is 2. The monoisotopic (exact) mass is 183 g/mol. The van der Waals surface area contributed by atoms with Crippen LogP contribution in [-0.4, -0.2) is 36.9 Å². The highest BCUT2D eigenvalue weighted by atomic mass is 19.1. The molecule has 13 heavy (non-hydrogen) atoms. The minimum atomic E-state index is -0.673. The lowest BCUT2D eigenvalue weighted by Gasteiger charge is -2.28. The van der Waals surface area contributed by atoms with Gasteiger partial charge in [0.05, 0.1) is 0 Å². The van der Waals surface area contributed by atoms with Crippen molar-refractivity contribution in [1.29, 1.82) is 0 Å². The molecule has 0 bridgehead atoms. The van der Waals surface area contributed by atoms with E-state index in [1.54, 1.807) is 6.08 Å². The Morgan fingerprint density at radius 3 is 2.54 bits per heavy atom. The van der Waals surface area contributed by atoms with Crippen molar-refractivity contribution in [3.8, 4) is 0 Å². The molecule has 1 rings (SSSR count). The van der Waals surface area contributed by atoms with Gasteiger partial charge in [-0.15, -0.1) is 0 Å². The summed E-state index contributed by atoms with van der Waals surface area (Å²) in [5, 5.41) is 3.20. The van der Waals surface area contributed by atoms with Gasteiger partial charge < -0.3 is 10.2 Å². The first-order valence-corrected chi connectivity index (χ1v) is 4.25. The number of halogens is 1. The van der Waals surface area contributed by atoms with E-state index in [2.05, 4.69) is 23.5 Å². The molecule has 3 nitrogen and oxygen atoms in total. The average Bonchev–Trinajstić information content (AvgIpc) is 2.15. The number of nitrogens with zero attached hydrogens (tertiary/aromatic N) is 2. The van der Waals surface area contributed by atoms with Crippen molar-refractivity contribution in [2.45, 2.75) is 0 Å². The Morgan fingerprint density at radius 1 is 1.46 bits per heavy atom. The Morgan fingerprint density at radius 2 is 2.08 bits per heavy atom. The normalized spacial score (nSPS) is 18.5. The molecular formula is C9H14FN3. The molecule has 1 aliphatic rings. The van der Waals surface area contributed by atoms with Crippen molar-refractivity contribution in [3.63, 3.8) is 0 Å². The predicted octanol–water partition coefficient (Wildman–Crippen LogP) is 0.917. The lowest BCUT2D eigenvalue weighted by atomic mass is 10.3. The fraction of sp³-hybridized carbons (Fsp3) is 0.444. The van der Waals surface area contributed by atoms with Gasteiger partial charge in [-0.1, -0.05) is 6.58 Å². The van der Waals surface area contributed by atoms with E-state index in [-0.39, 0.29) is 0 Å². The second-order valence-corrected chi connectivity index (χ2v) is 2.79. The Kier molecular flexibility index (Phi) is 3.64. The van der Waals surface area contributed by atoms with Crippen LogP contribution in [0.25, 0.3) is 0 Å². The summed E-state index contributed by atoms with van der Waals surface area (Å²) >= 11 is 0. The number of aliphatic imine (C=N–C) groups is 1. The number of piperazine rings is 1. The van der Waals surface area contributed by atoms with Gasteiger partial charge in [-0.2, -0.15) is 4.39 Å². The fourth-order valence-electron chi connectivity index (χ4n) is 1.26. The molecule has 0 aromatic rings. The van der Waals surface area contributed by atoms with Gasteiger partial charge in [-0.05, 0) is 12.7 Å². The largest absolute Gasteiger partial charge is 0.354 e. The molecule has 0 amide bonds. The van der Waals surface area contributed by atoms with Crippen LogP contribution >= 0.6 is 0 Å². The average molecular weight is 183 g/mol. The van der Waals surface area contributed by atoms with Crippen molar-refractivity contribution in [1.82, 2.24) is 10.2 Å². The predicted molar refractivity (Wildman–Crippen MR) is 52.3 cm³/mol. The molecule has 0 spiro atoms. The summed E-state index contributed by atoms with van der Waals surface area (Å²) in [5.74, 6) is -0.109. The highest BCUT2D eigenvalue weighted by Crippen LogP contribution is 2.01. The smallest absolute Gasteiger partial charge is 0.207 e. The molecule has 4 heteroatoms. The molecule has 0 unspecified atom stereocenters. The van der Waals surface area contributed by atoms with E-state index in [0.29, 0.717) is 5.84 Å². The van der Waals surface area contributed by atoms with E-state index in [4.69, 9.17) is 0 Å². The Labute approximate surface area is 77.6 Å². The lowest BCUT2D eigenvalue weighted by Crippen LogP contribution is -2.45. The second-order valence-electron chi connectivity index (χ2n) is 2.79. The van der Waals surface area contributed by atoms with Gasteiger partial charge in [0.2, 0.25) is 5.95 Å². The van der Waals surface area contributed by atoms with Gasteiger partial charge in [0.15, 0.2) is 0 Å². The maximum absolute atomic E-state index is 12.4. The molecule has 0 aliphatic carbocycles. The molecule has 1 N–H and O–H groups in total. The number of hydrogen-bond acceptors (Lipinski definition) is 2. The number of amidine groups is 1. The fourth-order valence-corrected chi connectivity index (χ4v) is 1.26. The van der Waals surface area contributed by atoms with Crippen LogP contribution < -0.4 is 5.32 Å². The standard InChI is InChI=1S/C9H14FN3/c1-3-9(12-8(2)10)13-6-4-11-5-7-13/h3,11H,1-2,4-7H2/b12-9+. The van der Waals surface area contributed by atoms with Crippen LogP contribution in [0.5, 0.6) is 0 Å². The molecule has 72 valence electrons. The van der Waals surface area contributed by atoms with Crippen molar-refractivity contribution in [2.75, 3.05) is 26.2 Å². The lowest BCUT2D eigenvalue weighted by molar-refractivity contribution is 0.358. The SMILES string of the molecule is C=C/C(=N\C(=C)F)N1CCNCC1. The summed E-state index contributed by atoms with van der Waals surface area (Å²) in [6.07, 6.45) is 1.55. The van der Waals surface area contributed by atoms with E-state index in [1.165, 1.54) is 0 Å². The molecule has 1 saturated heterocycles. The molecule has 1 aliphatic heterocycles. The molecule has 0 saturated carbocycles. The van der Waals surface area contributed by atoms with Crippen LogP contribution in [0.1, 0.15) is 0 Å². The minimum absolute atomic E-state index is 0.564. The van der Waals surface area contributed by atoms with Crippen LogP contribution in [0.4, 0.5) is 4.39 Å². The van der Waals surface area contributed by atoms with Gasteiger partial charge >= 0.3 is 0 Å². The highest BCUT2D eigenvalue weighted by Gasteiger charge is 2.11. The first-order chi connectivity index (χ1) is 6.24. The molecule has 0 aromatic carbocycles. The van der Waals surface area contributed by atoms with Gasteiger partial charge in [0, 0.05) is 26.2 Å². The summed E-state index contributed by atoms with van der Waals surface area (Å²) in [7, 11) is 0. The highest BCUT2D eigenvalue weighted by molar-refractivity contribution is 5.93. The zero-order valence-electron chi connectivity index (χ0n) is 7.59. The third-order valence-corrected chi connectivity index (χ3v) is 1.86. The van der Waals surface area contributed by atoms with E-state index in [0.717, 1.165) is 26.2 Å². The summed E-state index contributed by atoms with van der Waals surface area (Å²) < 4.78 is 12.4. The van der Waals surface area contributed by atoms with E-state index >= 15 is 0 Å². The second kappa shape index (κ2) is 4.77. The Hall–Kier alpha value is -1.16. The summed E-state index contributed by atoms with van der Waals surface area (Å²) in [6, 6.07) is 0. The summed E-state index contributed by atoms with van der Waals surface area (Å²) in [6.45, 7) is 10.1. The molecule has 1 fully saturated rings. The van der Waals surface area contributed by atoms with Crippen molar-refractivity contribution in [2.24, 2.45) is 4.99 Å². The first kappa shape index (κ1) is 9.92. The van der Waals surface area contributed by atoms with Gasteiger partial charge in [0.25, 0.3) is 0 Å². The quantitative estimate of drug-likeness (QED) is 0.391. The molecule has 0 atom stereocenters. The van der Waals surface area contributed by atoms with Gasteiger partial charge in [-0.3, -0.25) is 0 Å². The topological polar surface area (TPSA) is 27.6 Å². The van der Waals surface area contributed by atoms with Crippen LogP contribution in [0.2, 0.25) is 0 Å². The van der Waals surface area contributed by atoms with Gasteiger partial charge in [-0.25, -0.2) is 4.99 Å². The summed E-state index contributed by atoms with van der Waals surface area (Å²) in [4.78, 5) is 5.64. The van der Waals surface area contributed by atoms with E-state index in [1.807, 2.05) is 4.90 Å². The van der Waals surface area contributed by atoms with Crippen LogP contribution in [0.3, 0.4) is 0 Å². The number of nitrogens with one attached hydrogen (secondary N) is 1. The van der Waals surface area contributed by atoms with Crippen molar-refractivity contribution < 1.29 is 4.39 Å². The van der Waals surface area contributed by atoms with E-state index < -0.39 is 5.95 Å². The van der Waals surface area contributed by atoms with Crippen LogP contribution in [0.15, 0.2) is 30.2 Å². The van der Waals surface area contributed by atoms with Crippen LogP contribution in [0, 0.1) is 0 Å². The number of hydrogen-bond donors (Lipinski definition) is 1. The van der Waals surface area contributed by atoms with E-state index in [9.17, 15) is 4.39 Å². The Balaban J connectivity index is 2.64. The zero-order valence-corrected chi connectivity index (χ0v) is 7.59. The van der Waals surface area contributed by atoms with Gasteiger partial charge in [0.1, 0.15) is 5.84 Å². The zero-order chi connectivity index (χ0) is 9.68. The minimum Gasteiger partial charge on any atom is -0.354 e. The van der Waals surface area contributed by atoms with Crippen molar-refractivity contribution >= 4 is 5.84 Å². The maximum Gasteiger partial charge on any atom is 0.207 e.